The number of amides is 1. The van der Waals surface area contributed by atoms with Gasteiger partial charge in [-0.2, -0.15) is 0 Å². The van der Waals surface area contributed by atoms with Crippen LogP contribution < -0.4 is 5.73 Å². The van der Waals surface area contributed by atoms with Gasteiger partial charge in [-0.25, -0.2) is 0 Å². The van der Waals surface area contributed by atoms with Crippen LogP contribution in [0.2, 0.25) is 0 Å². The third-order valence-electron chi connectivity index (χ3n) is 3.18. The lowest BCUT2D eigenvalue weighted by molar-refractivity contribution is -0.383. The van der Waals surface area contributed by atoms with Crippen molar-refractivity contribution >= 4 is 17.3 Å². The Bertz CT molecular complexity index is 536. The van der Waals surface area contributed by atoms with E-state index in [-0.39, 0.29) is 35.1 Å². The van der Waals surface area contributed by atoms with Gasteiger partial charge in [0.05, 0.1) is 17.1 Å². The molecule has 0 radical (unpaired) electrons. The van der Waals surface area contributed by atoms with Crippen molar-refractivity contribution in [2.24, 2.45) is 0 Å². The topological polar surface area (TPSA) is 98.7 Å². The highest BCUT2D eigenvalue weighted by molar-refractivity contribution is 5.95. The van der Waals surface area contributed by atoms with Gasteiger partial charge in [-0.15, -0.1) is 0 Å². The van der Waals surface area contributed by atoms with Crippen LogP contribution in [0.4, 0.5) is 11.4 Å². The second kappa shape index (κ2) is 5.46. The molecule has 7 nitrogen and oxygen atoms in total. The van der Waals surface area contributed by atoms with E-state index >= 15 is 0 Å². The molecule has 1 amide bonds. The normalized spacial score (nSPS) is 22.6. The van der Waals surface area contributed by atoms with Crippen LogP contribution >= 0.6 is 0 Å². The van der Waals surface area contributed by atoms with Crippen molar-refractivity contribution in [2.45, 2.75) is 26.1 Å². The number of nitrogens with zero attached hydrogens (tertiary/aromatic N) is 2. The number of nitro benzene ring substituents is 1. The molecular formula is C13H17N3O4. The average molecular weight is 279 g/mol. The number of hydrogen-bond acceptors (Lipinski definition) is 5. The quantitative estimate of drug-likeness (QED) is 0.501. The van der Waals surface area contributed by atoms with Crippen LogP contribution in [-0.2, 0) is 4.74 Å². The fourth-order valence-electron chi connectivity index (χ4n) is 2.36. The van der Waals surface area contributed by atoms with Crippen LogP contribution in [-0.4, -0.2) is 41.0 Å². The highest BCUT2D eigenvalue weighted by atomic mass is 16.6. The standard InChI is InChI=1S/C13H17N3O4/c1-8-6-15(7-9(2)20-8)13(17)10-3-4-11(14)12(5-10)16(18)19/h3-5,8-9H,6-7,14H2,1-2H3. The number of carbonyl (C=O) groups excluding carboxylic acids is 1. The maximum absolute atomic E-state index is 12.4. The molecule has 0 aromatic heterocycles. The van der Waals surface area contributed by atoms with Crippen molar-refractivity contribution in [3.8, 4) is 0 Å². The second-order valence-electron chi connectivity index (χ2n) is 5.00. The van der Waals surface area contributed by atoms with Gasteiger partial charge in [-0.3, -0.25) is 14.9 Å². The average Bonchev–Trinajstić information content (AvgIpc) is 2.37. The minimum Gasteiger partial charge on any atom is -0.393 e. The molecule has 2 N–H and O–H groups in total. The van der Waals surface area contributed by atoms with Crippen LogP contribution in [0.1, 0.15) is 24.2 Å². The lowest BCUT2D eigenvalue weighted by atomic mass is 10.1. The molecule has 1 aliphatic rings. The first-order valence-electron chi connectivity index (χ1n) is 6.37. The Kier molecular flexibility index (Phi) is 3.89. The first-order chi connectivity index (χ1) is 9.38. The number of hydrogen-bond donors (Lipinski definition) is 1. The molecule has 1 aromatic carbocycles. The Labute approximate surface area is 116 Å². The molecule has 1 aliphatic heterocycles. The lowest BCUT2D eigenvalue weighted by Gasteiger charge is -2.35. The lowest BCUT2D eigenvalue weighted by Crippen LogP contribution is -2.48. The summed E-state index contributed by atoms with van der Waals surface area (Å²) in [5.41, 5.74) is 5.60. The molecule has 0 bridgehead atoms. The maximum Gasteiger partial charge on any atom is 0.292 e. The number of nitro groups is 1. The summed E-state index contributed by atoms with van der Waals surface area (Å²) in [6.07, 6.45) is -0.0991. The van der Waals surface area contributed by atoms with E-state index in [2.05, 4.69) is 0 Å². The monoisotopic (exact) mass is 279 g/mol. The first-order valence-corrected chi connectivity index (χ1v) is 6.37. The highest BCUT2D eigenvalue weighted by Gasteiger charge is 2.27. The van der Waals surface area contributed by atoms with Gasteiger partial charge >= 0.3 is 0 Å². The molecule has 1 heterocycles. The second-order valence-corrected chi connectivity index (χ2v) is 5.00. The van der Waals surface area contributed by atoms with Crippen LogP contribution in [0.5, 0.6) is 0 Å². The third kappa shape index (κ3) is 2.88. The Morgan fingerprint density at radius 1 is 1.40 bits per heavy atom. The van der Waals surface area contributed by atoms with Crippen molar-refractivity contribution < 1.29 is 14.5 Å². The van der Waals surface area contributed by atoms with E-state index in [4.69, 9.17) is 10.5 Å². The molecular weight excluding hydrogens is 262 g/mol. The fourth-order valence-corrected chi connectivity index (χ4v) is 2.36. The zero-order chi connectivity index (χ0) is 14.9. The number of nitrogens with two attached hydrogens (primary N) is 1. The predicted molar refractivity (Wildman–Crippen MR) is 73.4 cm³/mol. The zero-order valence-corrected chi connectivity index (χ0v) is 11.4. The molecule has 2 rings (SSSR count). The van der Waals surface area contributed by atoms with E-state index < -0.39 is 4.92 Å². The molecule has 1 saturated heterocycles. The van der Waals surface area contributed by atoms with Crippen molar-refractivity contribution in [1.29, 1.82) is 0 Å². The highest BCUT2D eigenvalue weighted by Crippen LogP contribution is 2.24. The van der Waals surface area contributed by atoms with Crippen LogP contribution in [0, 0.1) is 10.1 Å². The van der Waals surface area contributed by atoms with E-state index in [1.807, 2.05) is 13.8 Å². The predicted octanol–water partition coefficient (Wildman–Crippen LogP) is 1.43. The largest absolute Gasteiger partial charge is 0.393 e. The van der Waals surface area contributed by atoms with E-state index in [1.54, 1.807) is 4.90 Å². The molecule has 1 aromatic rings. The van der Waals surface area contributed by atoms with Gasteiger partial charge in [-0.1, -0.05) is 0 Å². The van der Waals surface area contributed by atoms with Crippen LogP contribution in [0.25, 0.3) is 0 Å². The molecule has 20 heavy (non-hydrogen) atoms. The van der Waals surface area contributed by atoms with Gasteiger partial charge in [0.2, 0.25) is 0 Å². The first kappa shape index (κ1) is 14.3. The van der Waals surface area contributed by atoms with Gasteiger partial charge in [0.1, 0.15) is 5.69 Å². The molecule has 0 saturated carbocycles. The number of rotatable bonds is 2. The molecule has 2 unspecified atom stereocenters. The summed E-state index contributed by atoms with van der Waals surface area (Å²) in [4.78, 5) is 24.3. The number of morpholine rings is 1. The van der Waals surface area contributed by atoms with Crippen molar-refractivity contribution in [3.63, 3.8) is 0 Å². The minimum absolute atomic E-state index is 0.0496. The van der Waals surface area contributed by atoms with Crippen molar-refractivity contribution in [3.05, 3.63) is 33.9 Å². The van der Waals surface area contributed by atoms with Gasteiger partial charge in [0.15, 0.2) is 0 Å². The maximum atomic E-state index is 12.4. The van der Waals surface area contributed by atoms with E-state index in [0.29, 0.717) is 13.1 Å². The Morgan fingerprint density at radius 2 is 2.00 bits per heavy atom. The number of carbonyl (C=O) groups is 1. The number of benzene rings is 1. The third-order valence-corrected chi connectivity index (χ3v) is 3.18. The smallest absolute Gasteiger partial charge is 0.292 e. The SMILES string of the molecule is CC1CN(C(=O)c2ccc(N)c([N+](=O)[O-])c2)CC(C)O1. The van der Waals surface area contributed by atoms with Crippen molar-refractivity contribution in [1.82, 2.24) is 4.90 Å². The van der Waals surface area contributed by atoms with E-state index in [1.165, 1.54) is 18.2 Å². The van der Waals surface area contributed by atoms with Gasteiger partial charge < -0.3 is 15.4 Å². The summed E-state index contributed by atoms with van der Waals surface area (Å²) in [5, 5.41) is 10.9. The number of nitrogen functional groups attached to an aromatic ring is 1. The molecule has 108 valence electrons. The van der Waals surface area contributed by atoms with E-state index in [9.17, 15) is 14.9 Å². The van der Waals surface area contributed by atoms with Gasteiger partial charge in [0.25, 0.3) is 11.6 Å². The van der Waals surface area contributed by atoms with Crippen LogP contribution in [0.15, 0.2) is 18.2 Å². The molecule has 0 aliphatic carbocycles. The zero-order valence-electron chi connectivity index (χ0n) is 11.4. The van der Waals surface area contributed by atoms with E-state index in [0.717, 1.165) is 0 Å². The van der Waals surface area contributed by atoms with Crippen LogP contribution in [0.3, 0.4) is 0 Å². The summed E-state index contributed by atoms with van der Waals surface area (Å²) < 4.78 is 5.56. The fraction of sp³-hybridized carbons (Fsp3) is 0.462. The Balaban J connectivity index is 2.25. The molecule has 1 fully saturated rings. The van der Waals surface area contributed by atoms with Gasteiger partial charge in [0, 0.05) is 24.7 Å². The van der Waals surface area contributed by atoms with Crippen molar-refractivity contribution in [2.75, 3.05) is 18.8 Å². The molecule has 7 heteroatoms. The summed E-state index contributed by atoms with van der Waals surface area (Å²) >= 11 is 0. The summed E-state index contributed by atoms with van der Waals surface area (Å²) in [7, 11) is 0. The van der Waals surface area contributed by atoms with Gasteiger partial charge in [-0.05, 0) is 26.0 Å². The Hall–Kier alpha value is -2.15. The summed E-state index contributed by atoms with van der Waals surface area (Å²) in [6.45, 7) is 4.73. The number of anilines is 1. The minimum atomic E-state index is -0.587. The molecule has 0 spiro atoms. The Morgan fingerprint density at radius 3 is 2.55 bits per heavy atom. The molecule has 2 atom stereocenters. The summed E-state index contributed by atoms with van der Waals surface area (Å²) in [6, 6.07) is 4.12. The number of ether oxygens (including phenoxy) is 1. The summed E-state index contributed by atoms with van der Waals surface area (Å²) in [5.74, 6) is -0.241.